The number of rotatable bonds is 19. The molecule has 3 heteroatoms. The molecule has 2 aromatic carbocycles. The fourth-order valence-corrected chi connectivity index (χ4v) is 6.29. The molecule has 0 aliphatic heterocycles. The zero-order chi connectivity index (χ0) is 29.1. The van der Waals surface area contributed by atoms with Crippen molar-refractivity contribution in [3.63, 3.8) is 0 Å². The second-order valence-corrected chi connectivity index (χ2v) is 12.4. The van der Waals surface area contributed by atoms with Crippen LogP contribution in [0.25, 0.3) is 0 Å². The summed E-state index contributed by atoms with van der Waals surface area (Å²) in [4.78, 5) is 13.0. The van der Waals surface area contributed by atoms with Gasteiger partial charge in [0.15, 0.2) is 0 Å². The Morgan fingerprint density at radius 2 is 1.22 bits per heavy atom. The van der Waals surface area contributed by atoms with Gasteiger partial charge < -0.3 is 4.74 Å². The molecule has 0 atom stereocenters. The Morgan fingerprint density at radius 3 is 1.78 bits per heavy atom. The number of carbonyl (C=O) groups is 1. The molecule has 0 radical (unpaired) electrons. The van der Waals surface area contributed by atoms with Crippen LogP contribution in [-0.4, -0.2) is 5.97 Å². The summed E-state index contributed by atoms with van der Waals surface area (Å²) in [5, 5.41) is 9.70. The Labute approximate surface area is 251 Å². The first-order valence-corrected chi connectivity index (χ1v) is 17.0. The van der Waals surface area contributed by atoms with E-state index in [0.29, 0.717) is 17.2 Å². The summed E-state index contributed by atoms with van der Waals surface area (Å²) in [6.45, 7) is 4.52. The Bertz CT molecular complexity index is 1040. The number of benzene rings is 2. The molecule has 1 aliphatic rings. The van der Waals surface area contributed by atoms with Gasteiger partial charge in [-0.3, -0.25) is 4.79 Å². The molecule has 0 bridgehead atoms. The topological polar surface area (TPSA) is 50.1 Å². The molecule has 224 valence electrons. The van der Waals surface area contributed by atoms with Gasteiger partial charge in [-0.2, -0.15) is 5.26 Å². The number of carbonyl (C=O) groups excluding carboxylic acids is 1. The van der Waals surface area contributed by atoms with E-state index in [4.69, 9.17) is 4.74 Å². The highest BCUT2D eigenvalue weighted by molar-refractivity contribution is 5.76. The molecule has 0 amide bonds. The van der Waals surface area contributed by atoms with Crippen LogP contribution in [0.1, 0.15) is 158 Å². The molecule has 1 aliphatic carbocycles. The molecular formula is C38H55NO2. The van der Waals surface area contributed by atoms with Gasteiger partial charge >= 0.3 is 5.97 Å². The molecule has 1 saturated carbocycles. The predicted octanol–water partition coefficient (Wildman–Crippen LogP) is 11.0. The lowest BCUT2D eigenvalue weighted by Gasteiger charge is -2.27. The van der Waals surface area contributed by atoms with Gasteiger partial charge in [0.25, 0.3) is 0 Å². The van der Waals surface area contributed by atoms with E-state index in [1.807, 2.05) is 18.2 Å². The quantitative estimate of drug-likeness (QED) is 0.0980. The molecule has 0 spiro atoms. The number of esters is 1. The van der Waals surface area contributed by atoms with Gasteiger partial charge in [-0.25, -0.2) is 0 Å². The fourth-order valence-electron chi connectivity index (χ4n) is 6.29. The van der Waals surface area contributed by atoms with Crippen LogP contribution >= 0.6 is 0 Å². The summed E-state index contributed by atoms with van der Waals surface area (Å²) >= 11 is 0. The van der Waals surface area contributed by atoms with Crippen LogP contribution in [0.3, 0.4) is 0 Å². The third-order valence-corrected chi connectivity index (χ3v) is 9.02. The van der Waals surface area contributed by atoms with E-state index < -0.39 is 0 Å². The molecule has 3 rings (SSSR count). The minimum Gasteiger partial charge on any atom is -0.425 e. The standard InChI is InChI=1S/C38H55NO2/c1-3-5-7-9-11-13-15-17-31-19-22-33(23-20-31)34-24-26-35(27-25-34)38(40)41-37-28-21-32(29-36(37)30-39)18-16-14-12-10-8-6-4-2/h19-23,28-29,34-35H,3-18,24-27H2,1-2H3. The van der Waals surface area contributed by atoms with Crippen LogP contribution in [0.2, 0.25) is 0 Å². The lowest BCUT2D eigenvalue weighted by atomic mass is 9.78. The minimum atomic E-state index is -0.176. The van der Waals surface area contributed by atoms with Gasteiger partial charge in [0.05, 0.1) is 11.5 Å². The highest BCUT2D eigenvalue weighted by Crippen LogP contribution is 2.37. The molecule has 1 fully saturated rings. The van der Waals surface area contributed by atoms with Gasteiger partial charge in [-0.15, -0.1) is 0 Å². The number of hydrogen-bond donors (Lipinski definition) is 0. The summed E-state index contributed by atoms with van der Waals surface area (Å²) in [6.07, 6.45) is 24.3. The summed E-state index contributed by atoms with van der Waals surface area (Å²) in [6, 6.07) is 17.3. The second-order valence-electron chi connectivity index (χ2n) is 12.4. The largest absolute Gasteiger partial charge is 0.425 e. The van der Waals surface area contributed by atoms with Crippen LogP contribution in [0.4, 0.5) is 0 Å². The summed E-state index contributed by atoms with van der Waals surface area (Å²) < 4.78 is 5.78. The van der Waals surface area contributed by atoms with Gasteiger partial charge in [0.1, 0.15) is 11.8 Å². The third-order valence-electron chi connectivity index (χ3n) is 9.02. The highest BCUT2D eigenvalue weighted by atomic mass is 16.5. The lowest BCUT2D eigenvalue weighted by Crippen LogP contribution is -2.25. The number of unbranched alkanes of at least 4 members (excludes halogenated alkanes) is 12. The molecule has 0 heterocycles. The van der Waals surface area contributed by atoms with Gasteiger partial charge in [-0.05, 0) is 86.1 Å². The van der Waals surface area contributed by atoms with E-state index in [1.165, 1.54) is 101 Å². The first-order chi connectivity index (χ1) is 20.1. The predicted molar refractivity (Wildman–Crippen MR) is 171 cm³/mol. The number of hydrogen-bond acceptors (Lipinski definition) is 3. The molecule has 0 aromatic heterocycles. The van der Waals surface area contributed by atoms with Gasteiger partial charge in [0, 0.05) is 0 Å². The van der Waals surface area contributed by atoms with E-state index >= 15 is 0 Å². The number of ether oxygens (including phenoxy) is 1. The van der Waals surface area contributed by atoms with Crippen molar-refractivity contribution in [3.05, 3.63) is 64.7 Å². The van der Waals surface area contributed by atoms with Crippen molar-refractivity contribution < 1.29 is 9.53 Å². The average Bonchev–Trinajstić information content (AvgIpc) is 3.01. The van der Waals surface area contributed by atoms with Crippen LogP contribution in [-0.2, 0) is 17.6 Å². The van der Waals surface area contributed by atoms with Crippen LogP contribution < -0.4 is 4.74 Å². The minimum absolute atomic E-state index is 0.0817. The van der Waals surface area contributed by atoms with E-state index in [9.17, 15) is 10.1 Å². The van der Waals surface area contributed by atoms with Crippen molar-refractivity contribution in [2.24, 2.45) is 5.92 Å². The average molecular weight is 558 g/mol. The maximum absolute atomic E-state index is 13.0. The Balaban J connectivity index is 1.38. The van der Waals surface area contributed by atoms with Crippen molar-refractivity contribution in [2.75, 3.05) is 0 Å². The monoisotopic (exact) mass is 557 g/mol. The summed E-state index contributed by atoms with van der Waals surface area (Å²) in [7, 11) is 0. The Kier molecular flexibility index (Phi) is 15.7. The van der Waals surface area contributed by atoms with Gasteiger partial charge in [-0.1, -0.05) is 121 Å². The molecule has 0 saturated heterocycles. The molecule has 41 heavy (non-hydrogen) atoms. The molecule has 2 aromatic rings. The fraction of sp³-hybridized carbons (Fsp3) is 0.632. The molecule has 0 N–H and O–H groups in total. The normalized spacial score (nSPS) is 16.8. The van der Waals surface area contributed by atoms with Crippen LogP contribution in [0, 0.1) is 17.2 Å². The maximum Gasteiger partial charge on any atom is 0.314 e. The van der Waals surface area contributed by atoms with Gasteiger partial charge in [0.2, 0.25) is 0 Å². The van der Waals surface area contributed by atoms with Crippen molar-refractivity contribution in [1.82, 2.24) is 0 Å². The smallest absolute Gasteiger partial charge is 0.314 e. The van der Waals surface area contributed by atoms with E-state index in [1.54, 1.807) is 0 Å². The van der Waals surface area contributed by atoms with Crippen molar-refractivity contribution in [1.29, 1.82) is 5.26 Å². The third kappa shape index (κ3) is 12.0. The lowest BCUT2D eigenvalue weighted by molar-refractivity contribution is -0.140. The summed E-state index contributed by atoms with van der Waals surface area (Å²) in [5.74, 6) is 0.679. The first-order valence-electron chi connectivity index (χ1n) is 17.0. The second kappa shape index (κ2) is 19.5. The van der Waals surface area contributed by atoms with Crippen molar-refractivity contribution >= 4 is 5.97 Å². The Morgan fingerprint density at radius 1 is 0.707 bits per heavy atom. The maximum atomic E-state index is 13.0. The zero-order valence-electron chi connectivity index (χ0n) is 26.1. The van der Waals surface area contributed by atoms with E-state index in [2.05, 4.69) is 44.2 Å². The van der Waals surface area contributed by atoms with E-state index in [0.717, 1.165) is 44.1 Å². The van der Waals surface area contributed by atoms with Crippen molar-refractivity contribution in [2.45, 2.75) is 148 Å². The first kappa shape index (κ1) is 32.9. The summed E-state index contributed by atoms with van der Waals surface area (Å²) in [5.41, 5.74) is 4.48. The molecule has 0 unspecified atom stereocenters. The van der Waals surface area contributed by atoms with Crippen LogP contribution in [0.15, 0.2) is 42.5 Å². The number of nitrogens with zero attached hydrogens (tertiary/aromatic N) is 1. The number of nitriles is 1. The highest BCUT2D eigenvalue weighted by Gasteiger charge is 2.29. The molecule has 3 nitrogen and oxygen atoms in total. The zero-order valence-corrected chi connectivity index (χ0v) is 26.1. The Hall–Kier alpha value is -2.60. The van der Waals surface area contributed by atoms with E-state index in [-0.39, 0.29) is 11.9 Å². The SMILES string of the molecule is CCCCCCCCCc1ccc(C2CCC(C(=O)Oc3ccc(CCCCCCCCC)cc3C#N)CC2)cc1. The van der Waals surface area contributed by atoms with Crippen LogP contribution in [0.5, 0.6) is 5.75 Å². The number of aryl methyl sites for hydroxylation is 2. The molecular weight excluding hydrogens is 502 g/mol. The van der Waals surface area contributed by atoms with Crippen molar-refractivity contribution in [3.8, 4) is 11.8 Å².